The minimum Gasteiger partial charge on any atom is -0.497 e. The highest BCUT2D eigenvalue weighted by atomic mass is 16.5. The van der Waals surface area contributed by atoms with Crippen LogP contribution in [0.25, 0.3) is 0 Å². The topological polar surface area (TPSA) is 66.8 Å². The van der Waals surface area contributed by atoms with Gasteiger partial charge in [0.05, 0.1) is 7.11 Å². The van der Waals surface area contributed by atoms with Gasteiger partial charge in [0.2, 0.25) is 5.91 Å². The number of likely N-dealkylation sites (tertiary alicyclic amines) is 1. The van der Waals surface area contributed by atoms with Crippen molar-refractivity contribution in [3.05, 3.63) is 29.8 Å². The number of benzene rings is 1. The summed E-state index contributed by atoms with van der Waals surface area (Å²) in [6, 6.07) is 6.97. The van der Waals surface area contributed by atoms with E-state index in [0.717, 1.165) is 19.4 Å². The Morgan fingerprint density at radius 2 is 2.18 bits per heavy atom. The van der Waals surface area contributed by atoms with Gasteiger partial charge in [0.25, 0.3) is 0 Å². The van der Waals surface area contributed by atoms with Crippen molar-refractivity contribution in [1.29, 1.82) is 0 Å². The lowest BCUT2D eigenvalue weighted by Gasteiger charge is -2.31. The molecule has 1 N–H and O–H groups in total. The van der Waals surface area contributed by atoms with Crippen LogP contribution in [-0.2, 0) is 4.79 Å². The van der Waals surface area contributed by atoms with Gasteiger partial charge in [0, 0.05) is 38.1 Å². The van der Waals surface area contributed by atoms with Crippen LogP contribution in [0.1, 0.15) is 36.0 Å². The molecule has 1 atom stereocenters. The number of hydrogen-bond acceptors (Lipinski definition) is 4. The Kier molecular flexibility index (Phi) is 5.95. The minimum absolute atomic E-state index is 0.00519. The van der Waals surface area contributed by atoms with Crippen molar-refractivity contribution in [3.63, 3.8) is 0 Å². The number of aliphatic hydroxyl groups is 1. The Labute approximate surface area is 130 Å². The molecule has 1 aliphatic heterocycles. The SMILES string of the molecule is COc1cccc(C(=O)CCC(=O)N2CCCC(CO)C2)c1. The van der Waals surface area contributed by atoms with Gasteiger partial charge in [-0.3, -0.25) is 9.59 Å². The monoisotopic (exact) mass is 305 g/mol. The molecule has 1 heterocycles. The van der Waals surface area contributed by atoms with Crippen molar-refractivity contribution < 1.29 is 19.4 Å². The number of ketones is 1. The van der Waals surface area contributed by atoms with Gasteiger partial charge < -0.3 is 14.7 Å². The number of amides is 1. The van der Waals surface area contributed by atoms with Gasteiger partial charge in [-0.15, -0.1) is 0 Å². The predicted molar refractivity (Wildman–Crippen MR) is 82.9 cm³/mol. The average Bonchev–Trinajstić information content (AvgIpc) is 2.59. The number of rotatable bonds is 6. The fourth-order valence-electron chi connectivity index (χ4n) is 2.76. The van der Waals surface area contributed by atoms with Crippen molar-refractivity contribution in [2.45, 2.75) is 25.7 Å². The third-order valence-corrected chi connectivity index (χ3v) is 4.09. The zero-order chi connectivity index (χ0) is 15.9. The lowest BCUT2D eigenvalue weighted by molar-refractivity contribution is -0.133. The highest BCUT2D eigenvalue weighted by molar-refractivity contribution is 5.98. The van der Waals surface area contributed by atoms with Crippen molar-refractivity contribution in [2.75, 3.05) is 26.8 Å². The molecule has 1 fully saturated rings. The zero-order valence-corrected chi connectivity index (χ0v) is 13.0. The first kappa shape index (κ1) is 16.5. The Morgan fingerprint density at radius 1 is 1.36 bits per heavy atom. The van der Waals surface area contributed by atoms with E-state index in [1.54, 1.807) is 36.3 Å². The second-order valence-electron chi connectivity index (χ2n) is 5.69. The van der Waals surface area contributed by atoms with E-state index >= 15 is 0 Å². The largest absolute Gasteiger partial charge is 0.497 e. The minimum atomic E-state index is -0.0528. The third-order valence-electron chi connectivity index (χ3n) is 4.09. The number of ether oxygens (including phenoxy) is 1. The number of hydrogen-bond donors (Lipinski definition) is 1. The molecule has 0 aromatic heterocycles. The van der Waals surface area contributed by atoms with Crippen molar-refractivity contribution >= 4 is 11.7 Å². The second kappa shape index (κ2) is 7.94. The summed E-state index contributed by atoms with van der Waals surface area (Å²) in [5.41, 5.74) is 0.569. The number of Topliss-reactive ketones (excluding diaryl/α,β-unsaturated/α-hetero) is 1. The van der Waals surface area contributed by atoms with Crippen LogP contribution in [-0.4, -0.2) is 48.5 Å². The molecule has 22 heavy (non-hydrogen) atoms. The summed E-state index contributed by atoms with van der Waals surface area (Å²) < 4.78 is 5.10. The summed E-state index contributed by atoms with van der Waals surface area (Å²) in [4.78, 5) is 26.1. The molecule has 0 aliphatic carbocycles. The maximum atomic E-state index is 12.2. The first-order chi connectivity index (χ1) is 10.6. The lowest BCUT2D eigenvalue weighted by atomic mass is 9.98. The van der Waals surface area contributed by atoms with Gasteiger partial charge in [-0.05, 0) is 30.9 Å². The summed E-state index contributed by atoms with van der Waals surface area (Å²) in [6.45, 7) is 1.44. The summed E-state index contributed by atoms with van der Waals surface area (Å²) in [5, 5.41) is 9.20. The average molecular weight is 305 g/mol. The Balaban J connectivity index is 1.86. The zero-order valence-electron chi connectivity index (χ0n) is 13.0. The maximum Gasteiger partial charge on any atom is 0.223 e. The van der Waals surface area contributed by atoms with Gasteiger partial charge >= 0.3 is 0 Å². The van der Waals surface area contributed by atoms with Gasteiger partial charge in [-0.2, -0.15) is 0 Å². The van der Waals surface area contributed by atoms with Gasteiger partial charge in [0.15, 0.2) is 5.78 Å². The van der Waals surface area contributed by atoms with Crippen LogP contribution in [0.15, 0.2) is 24.3 Å². The normalized spacial score (nSPS) is 18.1. The molecule has 1 aromatic carbocycles. The predicted octanol–water partition coefficient (Wildman–Crippen LogP) is 1.89. The Morgan fingerprint density at radius 3 is 2.91 bits per heavy atom. The number of aliphatic hydroxyl groups excluding tert-OH is 1. The number of carbonyl (C=O) groups excluding carboxylic acids is 2. The standard InChI is InChI=1S/C17H23NO4/c1-22-15-6-2-5-14(10-15)16(20)7-8-17(21)18-9-3-4-13(11-18)12-19/h2,5-6,10,13,19H,3-4,7-9,11-12H2,1H3. The van der Waals surface area contributed by atoms with E-state index in [4.69, 9.17) is 4.74 Å². The van der Waals surface area contributed by atoms with Crippen molar-refractivity contribution in [1.82, 2.24) is 4.90 Å². The first-order valence-corrected chi connectivity index (χ1v) is 7.70. The Hall–Kier alpha value is -1.88. The molecular formula is C17H23NO4. The lowest BCUT2D eigenvalue weighted by Crippen LogP contribution is -2.41. The van der Waals surface area contributed by atoms with Crippen LogP contribution in [0.5, 0.6) is 5.75 Å². The molecule has 0 radical (unpaired) electrons. The van der Waals surface area contributed by atoms with E-state index in [2.05, 4.69) is 0 Å². The smallest absolute Gasteiger partial charge is 0.223 e. The van der Waals surface area contributed by atoms with E-state index in [9.17, 15) is 14.7 Å². The van der Waals surface area contributed by atoms with E-state index in [-0.39, 0.29) is 37.1 Å². The van der Waals surface area contributed by atoms with E-state index < -0.39 is 0 Å². The molecular weight excluding hydrogens is 282 g/mol. The molecule has 0 spiro atoms. The fraction of sp³-hybridized carbons (Fsp3) is 0.529. The summed E-state index contributed by atoms with van der Waals surface area (Å²) in [5.74, 6) is 0.753. The highest BCUT2D eigenvalue weighted by Crippen LogP contribution is 2.18. The number of methoxy groups -OCH3 is 1. The van der Waals surface area contributed by atoms with E-state index in [1.807, 2.05) is 0 Å². The molecule has 5 heteroatoms. The molecule has 120 valence electrons. The second-order valence-corrected chi connectivity index (χ2v) is 5.69. The quantitative estimate of drug-likeness (QED) is 0.815. The van der Waals surface area contributed by atoms with Crippen LogP contribution in [0.2, 0.25) is 0 Å². The molecule has 5 nitrogen and oxygen atoms in total. The molecule has 1 saturated heterocycles. The van der Waals surface area contributed by atoms with E-state index in [1.165, 1.54) is 0 Å². The molecule has 1 aliphatic rings. The van der Waals surface area contributed by atoms with E-state index in [0.29, 0.717) is 17.9 Å². The first-order valence-electron chi connectivity index (χ1n) is 7.70. The maximum absolute atomic E-state index is 12.2. The van der Waals surface area contributed by atoms with Gasteiger partial charge in [-0.25, -0.2) is 0 Å². The van der Waals surface area contributed by atoms with Crippen LogP contribution < -0.4 is 4.74 Å². The highest BCUT2D eigenvalue weighted by Gasteiger charge is 2.23. The van der Waals surface area contributed by atoms with Crippen molar-refractivity contribution in [3.8, 4) is 5.75 Å². The van der Waals surface area contributed by atoms with Crippen LogP contribution in [0.3, 0.4) is 0 Å². The van der Waals surface area contributed by atoms with Crippen LogP contribution in [0, 0.1) is 5.92 Å². The number of nitrogens with zero attached hydrogens (tertiary/aromatic N) is 1. The molecule has 1 unspecified atom stereocenters. The molecule has 1 aromatic rings. The van der Waals surface area contributed by atoms with Crippen LogP contribution in [0.4, 0.5) is 0 Å². The van der Waals surface area contributed by atoms with Gasteiger partial charge in [-0.1, -0.05) is 12.1 Å². The van der Waals surface area contributed by atoms with Gasteiger partial charge in [0.1, 0.15) is 5.75 Å². The molecule has 0 saturated carbocycles. The summed E-state index contributed by atoms with van der Waals surface area (Å²) in [7, 11) is 1.56. The number of piperidine rings is 1. The van der Waals surface area contributed by atoms with Crippen molar-refractivity contribution in [2.24, 2.45) is 5.92 Å². The number of carbonyl (C=O) groups is 2. The summed E-state index contributed by atoms with van der Waals surface area (Å²) in [6.07, 6.45) is 2.30. The molecule has 1 amide bonds. The van der Waals surface area contributed by atoms with Crippen LogP contribution >= 0.6 is 0 Å². The fourth-order valence-corrected chi connectivity index (χ4v) is 2.76. The molecule has 2 rings (SSSR count). The molecule has 0 bridgehead atoms. The third kappa shape index (κ3) is 4.31. The Bertz CT molecular complexity index is 529. The summed E-state index contributed by atoms with van der Waals surface area (Å²) >= 11 is 0.